The lowest BCUT2D eigenvalue weighted by atomic mass is 10.0. The van der Waals surface area contributed by atoms with E-state index in [1.807, 2.05) is 30.3 Å². The Balaban J connectivity index is 2.06. The average Bonchev–Trinajstić information content (AvgIpc) is 2.62. The Labute approximate surface area is 150 Å². The number of benzene rings is 1. The summed E-state index contributed by atoms with van der Waals surface area (Å²) >= 11 is 0. The molecule has 0 unspecified atom stereocenters. The van der Waals surface area contributed by atoms with E-state index in [0.717, 1.165) is 12.1 Å². The summed E-state index contributed by atoms with van der Waals surface area (Å²) in [6.45, 7) is 5.46. The van der Waals surface area contributed by atoms with Gasteiger partial charge in [-0.15, -0.1) is 0 Å². The number of aliphatic hydroxyl groups is 1. The Bertz CT molecular complexity index is 392. The molecule has 0 spiro atoms. The van der Waals surface area contributed by atoms with E-state index < -0.39 is 6.10 Å². The van der Waals surface area contributed by atoms with Gasteiger partial charge in [0.2, 0.25) is 0 Å². The molecule has 1 aromatic rings. The molecule has 0 radical (unpaired) electrons. The molecule has 0 saturated carbocycles. The molecule has 2 nitrogen and oxygen atoms in total. The summed E-state index contributed by atoms with van der Waals surface area (Å²) in [6.07, 6.45) is 13.3. The minimum atomic E-state index is -0.403. The van der Waals surface area contributed by atoms with E-state index in [0.29, 0.717) is 0 Å². The van der Waals surface area contributed by atoms with E-state index in [1.165, 1.54) is 64.2 Å². The summed E-state index contributed by atoms with van der Waals surface area (Å²) in [7, 11) is 2.13. The van der Waals surface area contributed by atoms with Gasteiger partial charge in [0, 0.05) is 6.04 Å². The third-order valence-electron chi connectivity index (χ3n) is 5.16. The molecule has 1 rings (SSSR count). The highest BCUT2D eigenvalue weighted by atomic mass is 16.3. The molecule has 24 heavy (non-hydrogen) atoms. The largest absolute Gasteiger partial charge is 0.387 e. The predicted molar refractivity (Wildman–Crippen MR) is 105 cm³/mol. The molecule has 1 aromatic carbocycles. The lowest BCUT2D eigenvalue weighted by Crippen LogP contribution is -2.35. The third kappa shape index (κ3) is 8.84. The van der Waals surface area contributed by atoms with Crippen molar-refractivity contribution in [3.8, 4) is 0 Å². The van der Waals surface area contributed by atoms with Gasteiger partial charge < -0.3 is 10.0 Å². The number of likely N-dealkylation sites (N-methyl/N-ethyl adjacent to an activating group) is 1. The van der Waals surface area contributed by atoms with Gasteiger partial charge in [0.25, 0.3) is 0 Å². The van der Waals surface area contributed by atoms with Gasteiger partial charge in [-0.25, -0.2) is 0 Å². The smallest absolute Gasteiger partial charge is 0.0942 e. The molecule has 0 aromatic heterocycles. The molecule has 0 fully saturated rings. The van der Waals surface area contributed by atoms with Crippen molar-refractivity contribution in [3.63, 3.8) is 0 Å². The van der Waals surface area contributed by atoms with Crippen molar-refractivity contribution in [2.75, 3.05) is 13.6 Å². The van der Waals surface area contributed by atoms with Crippen LogP contribution in [0.2, 0.25) is 0 Å². The lowest BCUT2D eigenvalue weighted by molar-refractivity contribution is 0.0716. The maximum absolute atomic E-state index is 10.5. The van der Waals surface area contributed by atoms with Crippen molar-refractivity contribution in [1.82, 2.24) is 4.90 Å². The van der Waals surface area contributed by atoms with Gasteiger partial charge in [0.15, 0.2) is 0 Å². The Hall–Kier alpha value is -0.860. The van der Waals surface area contributed by atoms with Crippen LogP contribution in [-0.2, 0) is 0 Å². The van der Waals surface area contributed by atoms with Crippen LogP contribution in [0.25, 0.3) is 0 Å². The Morgan fingerprint density at radius 2 is 1.33 bits per heavy atom. The summed E-state index contributed by atoms with van der Waals surface area (Å²) in [5.41, 5.74) is 1.01. The van der Waals surface area contributed by atoms with Gasteiger partial charge in [-0.3, -0.25) is 0 Å². The topological polar surface area (TPSA) is 23.5 Å². The molecule has 0 aliphatic heterocycles. The van der Waals surface area contributed by atoms with Crippen LogP contribution in [0.1, 0.15) is 89.7 Å². The highest BCUT2D eigenvalue weighted by Crippen LogP contribution is 2.20. The van der Waals surface area contributed by atoms with Crippen LogP contribution < -0.4 is 0 Å². The minimum Gasteiger partial charge on any atom is -0.387 e. The summed E-state index contributed by atoms with van der Waals surface area (Å²) in [5.74, 6) is 0. The van der Waals surface area contributed by atoms with Gasteiger partial charge in [-0.05, 0) is 32.5 Å². The molecule has 2 atom stereocenters. The highest BCUT2D eigenvalue weighted by Gasteiger charge is 2.19. The standard InChI is InChI=1S/C22H39NO/c1-4-5-6-7-8-9-10-11-12-16-19-23(3)20(2)22(24)21-17-14-13-15-18-21/h13-15,17-18,20,22,24H,4-12,16,19H2,1-3H3/t20-,22-/m0/s1. The third-order valence-corrected chi connectivity index (χ3v) is 5.16. The fourth-order valence-corrected chi connectivity index (χ4v) is 3.22. The second kappa shape index (κ2) is 13.4. The van der Waals surface area contributed by atoms with Crippen molar-refractivity contribution in [2.45, 2.75) is 90.2 Å². The molecule has 2 heteroatoms. The second-order valence-electron chi connectivity index (χ2n) is 7.26. The number of hydrogen-bond acceptors (Lipinski definition) is 2. The fourth-order valence-electron chi connectivity index (χ4n) is 3.22. The number of rotatable bonds is 14. The van der Waals surface area contributed by atoms with Crippen molar-refractivity contribution in [3.05, 3.63) is 35.9 Å². The van der Waals surface area contributed by atoms with Crippen molar-refractivity contribution in [2.24, 2.45) is 0 Å². The molecule has 0 aliphatic carbocycles. The van der Waals surface area contributed by atoms with Gasteiger partial charge in [-0.1, -0.05) is 95.0 Å². The number of aliphatic hydroxyl groups excluding tert-OH is 1. The quantitative estimate of drug-likeness (QED) is 0.424. The molecule has 1 N–H and O–H groups in total. The molecule has 0 saturated heterocycles. The second-order valence-corrected chi connectivity index (χ2v) is 7.26. The molecular formula is C22H39NO. The zero-order valence-electron chi connectivity index (χ0n) is 16.2. The van der Waals surface area contributed by atoms with E-state index in [1.54, 1.807) is 0 Å². The van der Waals surface area contributed by atoms with E-state index in [2.05, 4.69) is 25.8 Å². The molecule has 138 valence electrons. The van der Waals surface area contributed by atoms with Crippen molar-refractivity contribution >= 4 is 0 Å². The van der Waals surface area contributed by atoms with Gasteiger partial charge >= 0.3 is 0 Å². The van der Waals surface area contributed by atoms with E-state index in [9.17, 15) is 5.11 Å². The zero-order valence-corrected chi connectivity index (χ0v) is 16.2. The van der Waals surface area contributed by atoms with Gasteiger partial charge in [-0.2, -0.15) is 0 Å². The maximum Gasteiger partial charge on any atom is 0.0942 e. The van der Waals surface area contributed by atoms with Crippen LogP contribution in [0.3, 0.4) is 0 Å². The van der Waals surface area contributed by atoms with Crippen LogP contribution >= 0.6 is 0 Å². The molecule has 0 heterocycles. The van der Waals surface area contributed by atoms with Crippen LogP contribution in [-0.4, -0.2) is 29.6 Å². The van der Waals surface area contributed by atoms with Gasteiger partial charge in [0.1, 0.15) is 0 Å². The summed E-state index contributed by atoms with van der Waals surface area (Å²) in [4.78, 5) is 2.29. The molecule has 0 bridgehead atoms. The predicted octanol–water partition coefficient (Wildman–Crippen LogP) is 5.96. The molecular weight excluding hydrogens is 294 g/mol. The van der Waals surface area contributed by atoms with Gasteiger partial charge in [0.05, 0.1) is 6.10 Å². The Morgan fingerprint density at radius 1 is 0.833 bits per heavy atom. The number of nitrogens with zero attached hydrogens (tertiary/aromatic N) is 1. The first-order chi connectivity index (χ1) is 11.7. The minimum absolute atomic E-state index is 0.158. The maximum atomic E-state index is 10.5. The Morgan fingerprint density at radius 3 is 1.88 bits per heavy atom. The lowest BCUT2D eigenvalue weighted by Gasteiger charge is -2.29. The summed E-state index contributed by atoms with van der Waals surface area (Å²) in [6, 6.07) is 10.2. The zero-order chi connectivity index (χ0) is 17.6. The Kier molecular flexibility index (Phi) is 11.9. The first-order valence-electron chi connectivity index (χ1n) is 10.1. The van der Waals surface area contributed by atoms with Crippen LogP contribution in [0, 0.1) is 0 Å². The SMILES string of the molecule is CCCCCCCCCCCCN(C)[C@@H](C)[C@H](O)c1ccccc1. The summed E-state index contributed by atoms with van der Waals surface area (Å²) in [5, 5.41) is 10.5. The van der Waals surface area contributed by atoms with Crippen LogP contribution in [0.5, 0.6) is 0 Å². The van der Waals surface area contributed by atoms with Crippen LogP contribution in [0.4, 0.5) is 0 Å². The molecule has 0 aliphatic rings. The average molecular weight is 334 g/mol. The first-order valence-corrected chi connectivity index (χ1v) is 10.1. The highest BCUT2D eigenvalue weighted by molar-refractivity contribution is 5.18. The monoisotopic (exact) mass is 333 g/mol. The fraction of sp³-hybridized carbons (Fsp3) is 0.727. The summed E-state index contributed by atoms with van der Waals surface area (Å²) < 4.78 is 0. The number of hydrogen-bond donors (Lipinski definition) is 1. The van der Waals surface area contributed by atoms with Crippen molar-refractivity contribution < 1.29 is 5.11 Å². The van der Waals surface area contributed by atoms with E-state index >= 15 is 0 Å². The first kappa shape index (κ1) is 21.2. The van der Waals surface area contributed by atoms with E-state index in [-0.39, 0.29) is 6.04 Å². The normalized spacial score (nSPS) is 14.0. The van der Waals surface area contributed by atoms with E-state index in [4.69, 9.17) is 0 Å². The number of unbranched alkanes of at least 4 members (excludes halogenated alkanes) is 9. The molecule has 0 amide bonds. The van der Waals surface area contributed by atoms with Crippen molar-refractivity contribution in [1.29, 1.82) is 0 Å². The van der Waals surface area contributed by atoms with Crippen LogP contribution in [0.15, 0.2) is 30.3 Å².